The van der Waals surface area contributed by atoms with Gasteiger partial charge in [-0.25, -0.2) is 9.78 Å². The molecule has 5 nitrogen and oxygen atoms in total. The normalized spacial score (nSPS) is 11.0. The second kappa shape index (κ2) is 10.1. The number of carbonyl (C=O) groups is 1. The van der Waals surface area contributed by atoms with Crippen molar-refractivity contribution in [3.8, 4) is 17.0 Å². The van der Waals surface area contributed by atoms with Crippen molar-refractivity contribution in [3.05, 3.63) is 98.3 Å². The van der Waals surface area contributed by atoms with Crippen LogP contribution in [0.25, 0.3) is 11.3 Å². The number of aromatic nitrogens is 1. The van der Waals surface area contributed by atoms with Crippen molar-refractivity contribution in [1.29, 1.82) is 0 Å². The molecule has 160 valence electrons. The quantitative estimate of drug-likeness (QED) is 0.129. The van der Waals surface area contributed by atoms with Crippen LogP contribution in [0, 0.1) is 0 Å². The van der Waals surface area contributed by atoms with Gasteiger partial charge < -0.3 is 4.74 Å². The molecule has 0 aliphatic heterocycles. The first-order valence-electron chi connectivity index (χ1n) is 9.26. The van der Waals surface area contributed by atoms with Crippen LogP contribution < -0.4 is 10.2 Å². The summed E-state index contributed by atoms with van der Waals surface area (Å²) in [5.74, 6) is -0.0551. The van der Waals surface area contributed by atoms with E-state index in [-0.39, 0.29) is 0 Å². The highest BCUT2D eigenvalue weighted by Crippen LogP contribution is 2.32. The van der Waals surface area contributed by atoms with E-state index < -0.39 is 5.97 Å². The SMILES string of the molecule is O=C(Oc1ccc(C=NNc2nc(-c3ccc(Cl)cc3Cl)cs2)cc1)c1cccc(Cl)c1. The third kappa shape index (κ3) is 5.66. The van der Waals surface area contributed by atoms with Gasteiger partial charge in [-0.3, -0.25) is 5.43 Å². The lowest BCUT2D eigenvalue weighted by Gasteiger charge is -2.05. The highest BCUT2D eigenvalue weighted by molar-refractivity contribution is 7.14. The molecule has 3 aromatic carbocycles. The second-order valence-corrected chi connectivity index (χ2v) is 8.64. The molecular weight excluding hydrogens is 489 g/mol. The standard InChI is InChI=1S/C23H14Cl3N3O2S/c24-16-3-1-2-15(10-16)22(30)31-18-7-4-14(5-8-18)12-27-29-23-28-21(13-32-23)19-9-6-17(25)11-20(19)26/h1-13H,(H,28,29). The smallest absolute Gasteiger partial charge is 0.343 e. The molecule has 0 unspecified atom stereocenters. The van der Waals surface area contributed by atoms with Gasteiger partial charge >= 0.3 is 5.97 Å². The Balaban J connectivity index is 1.35. The van der Waals surface area contributed by atoms with E-state index in [1.54, 1.807) is 66.9 Å². The van der Waals surface area contributed by atoms with Crippen molar-refractivity contribution in [2.75, 3.05) is 5.43 Å². The molecule has 0 bridgehead atoms. The van der Waals surface area contributed by atoms with Gasteiger partial charge in [0.15, 0.2) is 0 Å². The molecule has 9 heteroatoms. The first kappa shape index (κ1) is 22.3. The highest BCUT2D eigenvalue weighted by atomic mass is 35.5. The Morgan fingerprint density at radius 3 is 2.53 bits per heavy atom. The van der Waals surface area contributed by atoms with Crippen molar-refractivity contribution < 1.29 is 9.53 Å². The van der Waals surface area contributed by atoms with Crippen molar-refractivity contribution >= 4 is 63.5 Å². The van der Waals surface area contributed by atoms with Crippen LogP contribution in [0.5, 0.6) is 5.75 Å². The Hall–Kier alpha value is -2.90. The topological polar surface area (TPSA) is 63.6 Å². The van der Waals surface area contributed by atoms with E-state index in [0.717, 1.165) is 16.8 Å². The lowest BCUT2D eigenvalue weighted by atomic mass is 10.2. The molecule has 1 aromatic heterocycles. The summed E-state index contributed by atoms with van der Waals surface area (Å²) in [5.41, 5.74) is 5.63. The van der Waals surface area contributed by atoms with Crippen LogP contribution in [0.3, 0.4) is 0 Å². The maximum atomic E-state index is 12.2. The number of nitrogens with one attached hydrogen (secondary N) is 1. The average molecular weight is 503 g/mol. The third-order valence-electron chi connectivity index (χ3n) is 4.24. The number of carbonyl (C=O) groups excluding carboxylic acids is 1. The zero-order chi connectivity index (χ0) is 22.5. The number of esters is 1. The van der Waals surface area contributed by atoms with E-state index in [1.807, 2.05) is 11.4 Å². The molecule has 1 N–H and O–H groups in total. The van der Waals surface area contributed by atoms with Crippen LogP contribution in [0.1, 0.15) is 15.9 Å². The first-order chi connectivity index (χ1) is 15.5. The van der Waals surface area contributed by atoms with Crippen LogP contribution in [0.4, 0.5) is 5.13 Å². The van der Waals surface area contributed by atoms with Crippen LogP contribution in [0.15, 0.2) is 77.2 Å². The molecule has 0 spiro atoms. The number of rotatable bonds is 6. The number of benzene rings is 3. The predicted octanol–water partition coefficient (Wildman–Crippen LogP) is 7.44. The fraction of sp³-hybridized carbons (Fsp3) is 0. The van der Waals surface area contributed by atoms with Gasteiger partial charge in [-0.1, -0.05) is 40.9 Å². The summed E-state index contributed by atoms with van der Waals surface area (Å²) in [4.78, 5) is 16.7. The summed E-state index contributed by atoms with van der Waals surface area (Å²) in [6.07, 6.45) is 1.64. The number of thiazole rings is 1. The summed E-state index contributed by atoms with van der Waals surface area (Å²) < 4.78 is 5.36. The Bertz CT molecular complexity index is 1290. The number of halogens is 3. The number of hydrogen-bond acceptors (Lipinski definition) is 6. The van der Waals surface area contributed by atoms with Crippen molar-refractivity contribution in [2.45, 2.75) is 0 Å². The van der Waals surface area contributed by atoms with Gasteiger partial charge in [0.1, 0.15) is 5.75 Å². The average Bonchev–Trinajstić information content (AvgIpc) is 3.23. The van der Waals surface area contributed by atoms with E-state index in [9.17, 15) is 4.79 Å². The van der Waals surface area contributed by atoms with E-state index >= 15 is 0 Å². The van der Waals surface area contributed by atoms with Gasteiger partial charge in [0.2, 0.25) is 5.13 Å². The van der Waals surface area contributed by atoms with Crippen molar-refractivity contribution in [3.63, 3.8) is 0 Å². The maximum absolute atomic E-state index is 12.2. The minimum absolute atomic E-state index is 0.384. The largest absolute Gasteiger partial charge is 0.423 e. The summed E-state index contributed by atoms with van der Waals surface area (Å²) in [6.45, 7) is 0. The summed E-state index contributed by atoms with van der Waals surface area (Å²) in [7, 11) is 0. The summed E-state index contributed by atoms with van der Waals surface area (Å²) in [6, 6.07) is 18.8. The van der Waals surface area contributed by atoms with Gasteiger partial charge in [0.25, 0.3) is 0 Å². The number of anilines is 1. The number of nitrogens with zero attached hydrogens (tertiary/aromatic N) is 2. The van der Waals surface area contributed by atoms with Crippen LogP contribution in [-0.2, 0) is 0 Å². The van der Waals surface area contributed by atoms with E-state index in [0.29, 0.717) is 31.5 Å². The van der Waals surface area contributed by atoms with Crippen LogP contribution in [-0.4, -0.2) is 17.2 Å². The number of hydrazone groups is 1. The third-order valence-corrected chi connectivity index (χ3v) is 5.77. The van der Waals surface area contributed by atoms with E-state index in [2.05, 4.69) is 15.5 Å². The Morgan fingerprint density at radius 1 is 1.00 bits per heavy atom. The molecule has 0 atom stereocenters. The van der Waals surface area contributed by atoms with Gasteiger partial charge in [0, 0.05) is 21.0 Å². The molecule has 4 aromatic rings. The molecule has 4 rings (SSSR count). The maximum Gasteiger partial charge on any atom is 0.343 e. The van der Waals surface area contributed by atoms with Gasteiger partial charge in [-0.15, -0.1) is 11.3 Å². The lowest BCUT2D eigenvalue weighted by Crippen LogP contribution is -2.08. The lowest BCUT2D eigenvalue weighted by molar-refractivity contribution is 0.0735. The number of ether oxygens (including phenoxy) is 1. The van der Waals surface area contributed by atoms with E-state index in [1.165, 1.54) is 11.3 Å². The fourth-order valence-corrected chi connectivity index (χ4v) is 4.07. The first-order valence-corrected chi connectivity index (χ1v) is 11.3. The summed E-state index contributed by atoms with van der Waals surface area (Å²) in [5, 5.41) is 8.29. The van der Waals surface area contributed by atoms with Gasteiger partial charge in [-0.2, -0.15) is 5.10 Å². The Morgan fingerprint density at radius 2 is 1.78 bits per heavy atom. The minimum Gasteiger partial charge on any atom is -0.423 e. The number of hydrogen-bond donors (Lipinski definition) is 1. The molecule has 0 saturated heterocycles. The molecule has 0 amide bonds. The fourth-order valence-electron chi connectivity index (χ4n) is 2.71. The molecule has 0 fully saturated rings. The molecule has 32 heavy (non-hydrogen) atoms. The zero-order valence-electron chi connectivity index (χ0n) is 16.3. The molecule has 0 radical (unpaired) electrons. The zero-order valence-corrected chi connectivity index (χ0v) is 19.3. The molecule has 0 aliphatic carbocycles. The molecule has 0 aliphatic rings. The Kier molecular flexibility index (Phi) is 7.07. The van der Waals surface area contributed by atoms with Gasteiger partial charge in [-0.05, 0) is 66.2 Å². The monoisotopic (exact) mass is 501 g/mol. The van der Waals surface area contributed by atoms with Crippen LogP contribution >= 0.6 is 46.1 Å². The van der Waals surface area contributed by atoms with Crippen molar-refractivity contribution in [1.82, 2.24) is 4.98 Å². The molecule has 1 heterocycles. The predicted molar refractivity (Wildman–Crippen MR) is 132 cm³/mol. The van der Waals surface area contributed by atoms with E-state index in [4.69, 9.17) is 39.5 Å². The second-order valence-electron chi connectivity index (χ2n) is 6.50. The highest BCUT2D eigenvalue weighted by Gasteiger charge is 2.10. The summed E-state index contributed by atoms with van der Waals surface area (Å²) >= 11 is 19.5. The molecule has 0 saturated carbocycles. The van der Waals surface area contributed by atoms with Crippen LogP contribution in [0.2, 0.25) is 15.1 Å². The van der Waals surface area contributed by atoms with Gasteiger partial charge in [0.05, 0.1) is 22.5 Å². The van der Waals surface area contributed by atoms with Crippen molar-refractivity contribution in [2.24, 2.45) is 5.10 Å². The Labute approximate surface area is 203 Å². The molecular formula is C23H14Cl3N3O2S. The minimum atomic E-state index is -0.476.